The van der Waals surface area contributed by atoms with Gasteiger partial charge < -0.3 is 0 Å². The van der Waals surface area contributed by atoms with E-state index in [4.69, 9.17) is 11.6 Å². The molecule has 0 unspecified atom stereocenters. The van der Waals surface area contributed by atoms with Crippen LogP contribution in [0.2, 0.25) is 5.02 Å². The molecule has 0 N–H and O–H groups in total. The van der Waals surface area contributed by atoms with Crippen molar-refractivity contribution in [2.75, 3.05) is 14.2 Å². The number of hydrogen-bond donors (Lipinski definition) is 0. The molecule has 17 heavy (non-hydrogen) atoms. The van der Waals surface area contributed by atoms with Crippen molar-refractivity contribution in [3.05, 3.63) is 34.3 Å². The van der Waals surface area contributed by atoms with Crippen LogP contribution in [0.15, 0.2) is 18.2 Å². The molecule has 1 aromatic rings. The van der Waals surface area contributed by atoms with Crippen molar-refractivity contribution < 1.29 is 22.8 Å². The molecule has 7 heteroatoms. The second-order valence-electron chi connectivity index (χ2n) is 3.15. The first-order chi connectivity index (χ1) is 7.79. The molecule has 0 bridgehead atoms. The standard InChI is InChI=1S/C10H9ClF3NO2/c1-15(17-2)9(16)8-6(10(12,13)14)4-3-5-7(8)11/h3-5H,1-2H3. The maximum absolute atomic E-state index is 12.7. The van der Waals surface area contributed by atoms with Gasteiger partial charge in [-0.2, -0.15) is 13.2 Å². The van der Waals surface area contributed by atoms with E-state index in [1.165, 1.54) is 20.2 Å². The summed E-state index contributed by atoms with van der Waals surface area (Å²) in [6.07, 6.45) is -4.65. The molecule has 3 nitrogen and oxygen atoms in total. The van der Waals surface area contributed by atoms with E-state index in [1.54, 1.807) is 0 Å². The number of carbonyl (C=O) groups is 1. The monoisotopic (exact) mass is 267 g/mol. The summed E-state index contributed by atoms with van der Waals surface area (Å²) in [6, 6.07) is 3.14. The van der Waals surface area contributed by atoms with Gasteiger partial charge in [-0.25, -0.2) is 5.06 Å². The highest BCUT2D eigenvalue weighted by Crippen LogP contribution is 2.35. The van der Waals surface area contributed by atoms with Gasteiger partial charge in [0.15, 0.2) is 0 Å². The Kier molecular flexibility index (Phi) is 4.00. The summed E-state index contributed by atoms with van der Waals surface area (Å²) < 4.78 is 38.1. The largest absolute Gasteiger partial charge is 0.417 e. The van der Waals surface area contributed by atoms with E-state index in [2.05, 4.69) is 4.84 Å². The van der Waals surface area contributed by atoms with Crippen molar-refractivity contribution in [1.29, 1.82) is 0 Å². The summed E-state index contributed by atoms with van der Waals surface area (Å²) in [5.41, 5.74) is -1.70. The van der Waals surface area contributed by atoms with Gasteiger partial charge in [0.05, 0.1) is 23.3 Å². The Bertz CT molecular complexity index is 434. The predicted octanol–water partition coefficient (Wildman–Crippen LogP) is 2.99. The van der Waals surface area contributed by atoms with Crippen LogP contribution in [-0.4, -0.2) is 25.1 Å². The minimum Gasteiger partial charge on any atom is -0.274 e. The lowest BCUT2D eigenvalue weighted by Gasteiger charge is -2.18. The highest BCUT2D eigenvalue weighted by Gasteiger charge is 2.37. The Morgan fingerprint density at radius 3 is 2.47 bits per heavy atom. The molecule has 0 heterocycles. The molecule has 94 valence electrons. The van der Waals surface area contributed by atoms with E-state index in [0.29, 0.717) is 5.06 Å². The Morgan fingerprint density at radius 2 is 2.00 bits per heavy atom. The van der Waals surface area contributed by atoms with Crippen molar-refractivity contribution in [3.63, 3.8) is 0 Å². The van der Waals surface area contributed by atoms with Crippen LogP contribution in [0.3, 0.4) is 0 Å². The lowest BCUT2D eigenvalue weighted by Crippen LogP contribution is -2.28. The molecule has 1 aromatic carbocycles. The van der Waals surface area contributed by atoms with Crippen LogP contribution in [0.4, 0.5) is 13.2 Å². The van der Waals surface area contributed by atoms with Crippen LogP contribution >= 0.6 is 11.6 Å². The minimum atomic E-state index is -4.65. The summed E-state index contributed by atoms with van der Waals surface area (Å²) in [5, 5.41) is 0.407. The van der Waals surface area contributed by atoms with E-state index >= 15 is 0 Å². The number of rotatable bonds is 2. The number of benzene rings is 1. The minimum absolute atomic E-state index is 0.270. The Labute approximate surface area is 101 Å². The van der Waals surface area contributed by atoms with Crippen molar-refractivity contribution in [1.82, 2.24) is 5.06 Å². The fourth-order valence-corrected chi connectivity index (χ4v) is 1.47. The molecular weight excluding hydrogens is 259 g/mol. The van der Waals surface area contributed by atoms with Gasteiger partial charge in [-0.15, -0.1) is 0 Å². The molecule has 0 saturated heterocycles. The first-order valence-electron chi connectivity index (χ1n) is 4.47. The van der Waals surface area contributed by atoms with Gasteiger partial charge in [0, 0.05) is 7.05 Å². The quantitative estimate of drug-likeness (QED) is 0.771. The molecule has 0 atom stereocenters. The lowest BCUT2D eigenvalue weighted by atomic mass is 10.1. The number of alkyl halides is 3. The summed E-state index contributed by atoms with van der Waals surface area (Å²) in [7, 11) is 2.37. The molecule has 0 radical (unpaired) electrons. The summed E-state index contributed by atoms with van der Waals surface area (Å²) in [5.74, 6) is -0.953. The fraction of sp³-hybridized carbons (Fsp3) is 0.300. The summed E-state index contributed by atoms with van der Waals surface area (Å²) in [4.78, 5) is 16.2. The average Bonchev–Trinajstić information content (AvgIpc) is 2.25. The third-order valence-electron chi connectivity index (χ3n) is 2.09. The number of amides is 1. The number of nitrogens with zero attached hydrogens (tertiary/aromatic N) is 1. The van der Waals surface area contributed by atoms with Gasteiger partial charge >= 0.3 is 6.18 Å². The van der Waals surface area contributed by atoms with Crippen LogP contribution in [0.1, 0.15) is 15.9 Å². The average molecular weight is 268 g/mol. The second-order valence-corrected chi connectivity index (χ2v) is 3.55. The van der Waals surface area contributed by atoms with Gasteiger partial charge in [0.2, 0.25) is 0 Å². The van der Waals surface area contributed by atoms with Gasteiger partial charge in [0.25, 0.3) is 5.91 Å². The molecule has 0 aliphatic carbocycles. The molecule has 0 aromatic heterocycles. The third kappa shape index (κ3) is 2.89. The summed E-state index contributed by atoms with van der Waals surface area (Å²) in [6.45, 7) is 0. The van der Waals surface area contributed by atoms with Crippen LogP contribution in [0, 0.1) is 0 Å². The topological polar surface area (TPSA) is 29.5 Å². The van der Waals surface area contributed by atoms with E-state index in [-0.39, 0.29) is 5.02 Å². The smallest absolute Gasteiger partial charge is 0.274 e. The highest BCUT2D eigenvalue weighted by atomic mass is 35.5. The Morgan fingerprint density at radius 1 is 1.41 bits per heavy atom. The van der Waals surface area contributed by atoms with Gasteiger partial charge in [-0.05, 0) is 12.1 Å². The van der Waals surface area contributed by atoms with Crippen molar-refractivity contribution in [3.8, 4) is 0 Å². The van der Waals surface area contributed by atoms with Crippen LogP contribution in [-0.2, 0) is 11.0 Å². The first kappa shape index (κ1) is 13.8. The van der Waals surface area contributed by atoms with Crippen molar-refractivity contribution >= 4 is 17.5 Å². The Hall–Kier alpha value is -1.27. The summed E-state index contributed by atoms with van der Waals surface area (Å²) >= 11 is 5.63. The highest BCUT2D eigenvalue weighted by molar-refractivity contribution is 6.34. The molecular formula is C10H9ClF3NO2. The normalized spacial score (nSPS) is 11.4. The number of carbonyl (C=O) groups excluding carboxylic acids is 1. The third-order valence-corrected chi connectivity index (χ3v) is 2.41. The maximum atomic E-state index is 12.7. The molecule has 0 fully saturated rings. The van der Waals surface area contributed by atoms with Crippen LogP contribution < -0.4 is 0 Å². The molecule has 1 amide bonds. The first-order valence-corrected chi connectivity index (χ1v) is 4.84. The fourth-order valence-electron chi connectivity index (χ4n) is 1.22. The number of halogens is 4. The van der Waals surface area contributed by atoms with Crippen molar-refractivity contribution in [2.45, 2.75) is 6.18 Å². The van der Waals surface area contributed by atoms with E-state index < -0.39 is 23.2 Å². The van der Waals surface area contributed by atoms with Gasteiger partial charge in [0.1, 0.15) is 0 Å². The maximum Gasteiger partial charge on any atom is 0.417 e. The van der Waals surface area contributed by atoms with E-state index in [9.17, 15) is 18.0 Å². The zero-order valence-corrected chi connectivity index (χ0v) is 9.76. The van der Waals surface area contributed by atoms with E-state index in [0.717, 1.165) is 12.1 Å². The molecule has 0 aliphatic rings. The van der Waals surface area contributed by atoms with Crippen LogP contribution in [0.5, 0.6) is 0 Å². The molecule has 0 saturated carbocycles. The SMILES string of the molecule is CON(C)C(=O)c1c(Cl)cccc1C(F)(F)F. The molecule has 0 aliphatic heterocycles. The Balaban J connectivity index is 3.36. The van der Waals surface area contributed by atoms with Gasteiger partial charge in [-0.3, -0.25) is 9.63 Å². The second kappa shape index (κ2) is 4.93. The number of hydrogen-bond acceptors (Lipinski definition) is 2. The zero-order valence-electron chi connectivity index (χ0n) is 9.01. The van der Waals surface area contributed by atoms with Crippen molar-refractivity contribution in [2.24, 2.45) is 0 Å². The van der Waals surface area contributed by atoms with Crippen LogP contribution in [0.25, 0.3) is 0 Å². The molecule has 1 rings (SSSR count). The molecule has 0 spiro atoms. The number of hydroxylamine groups is 2. The lowest BCUT2D eigenvalue weighted by molar-refractivity contribution is -0.138. The van der Waals surface area contributed by atoms with E-state index in [1.807, 2.05) is 0 Å². The van der Waals surface area contributed by atoms with Gasteiger partial charge in [-0.1, -0.05) is 17.7 Å². The predicted molar refractivity (Wildman–Crippen MR) is 55.6 cm³/mol. The zero-order chi connectivity index (χ0) is 13.2.